The van der Waals surface area contributed by atoms with E-state index in [2.05, 4.69) is 4.89 Å². The third kappa shape index (κ3) is 0.856. The van der Waals surface area contributed by atoms with Crippen LogP contribution in [-0.2, 0) is 14.7 Å². The van der Waals surface area contributed by atoms with Crippen molar-refractivity contribution in [2.45, 2.75) is 24.7 Å². The van der Waals surface area contributed by atoms with Gasteiger partial charge in [-0.15, -0.1) is 0 Å². The number of hydrogen-bond donors (Lipinski definition) is 1. The molecule has 2 bridgehead atoms. The van der Waals surface area contributed by atoms with Gasteiger partial charge in [0.1, 0.15) is 18.3 Å². The Bertz CT molecular complexity index is 156. The molecular weight excluding hydrogens is 136 g/mol. The molecule has 1 fully saturated rings. The zero-order valence-corrected chi connectivity index (χ0v) is 5.27. The van der Waals surface area contributed by atoms with Crippen molar-refractivity contribution in [3.8, 4) is 0 Å². The molecule has 3 unspecified atom stereocenters. The van der Waals surface area contributed by atoms with Gasteiger partial charge in [-0.3, -0.25) is 5.26 Å². The van der Waals surface area contributed by atoms with E-state index in [1.165, 1.54) is 0 Å². The van der Waals surface area contributed by atoms with Gasteiger partial charge in [0.25, 0.3) is 0 Å². The average molecular weight is 144 g/mol. The summed E-state index contributed by atoms with van der Waals surface area (Å²) in [6.45, 7) is 0. The largest absolute Gasteiger partial charge is 0.251 e. The molecule has 1 aliphatic carbocycles. The van der Waals surface area contributed by atoms with Gasteiger partial charge in [0, 0.05) is 6.42 Å². The minimum absolute atomic E-state index is 0.0536. The summed E-state index contributed by atoms with van der Waals surface area (Å²) < 4.78 is 0. The lowest BCUT2D eigenvalue weighted by Crippen LogP contribution is -2.42. The molecule has 1 saturated heterocycles. The van der Waals surface area contributed by atoms with Gasteiger partial charge in [-0.05, 0) is 0 Å². The predicted octanol–water partition coefficient (Wildman–Crippen LogP) is 0.504. The van der Waals surface area contributed by atoms with Crippen LogP contribution >= 0.6 is 0 Å². The minimum atomic E-state index is -0.260. The lowest BCUT2D eigenvalue weighted by Gasteiger charge is -2.34. The second-order valence-corrected chi connectivity index (χ2v) is 2.46. The van der Waals surface area contributed by atoms with Crippen LogP contribution in [0.25, 0.3) is 0 Å². The van der Waals surface area contributed by atoms with Crippen LogP contribution in [0.5, 0.6) is 0 Å². The lowest BCUT2D eigenvalue weighted by atomic mass is 9.99. The summed E-state index contributed by atoms with van der Waals surface area (Å²) in [4.78, 5) is 13.8. The van der Waals surface area contributed by atoms with Crippen molar-refractivity contribution in [1.82, 2.24) is 0 Å². The maximum absolute atomic E-state index is 8.34. The van der Waals surface area contributed by atoms with Gasteiger partial charge in [-0.2, -0.15) is 0 Å². The van der Waals surface area contributed by atoms with E-state index in [9.17, 15) is 0 Å². The third-order valence-electron chi connectivity index (χ3n) is 1.77. The highest BCUT2D eigenvalue weighted by molar-refractivity contribution is 5.06. The summed E-state index contributed by atoms with van der Waals surface area (Å²) in [6, 6.07) is 0. The highest BCUT2D eigenvalue weighted by Crippen LogP contribution is 2.26. The van der Waals surface area contributed by atoms with Crippen molar-refractivity contribution in [2.24, 2.45) is 0 Å². The van der Waals surface area contributed by atoms with Crippen LogP contribution in [0.4, 0.5) is 0 Å². The Hall–Kier alpha value is -0.420. The fraction of sp³-hybridized carbons (Fsp3) is 0.667. The maximum Gasteiger partial charge on any atom is 0.141 e. The van der Waals surface area contributed by atoms with E-state index in [0.717, 1.165) is 0 Å². The Kier molecular flexibility index (Phi) is 1.46. The first-order valence-electron chi connectivity index (χ1n) is 3.21. The van der Waals surface area contributed by atoms with Crippen molar-refractivity contribution in [3.63, 3.8) is 0 Å². The first-order valence-corrected chi connectivity index (χ1v) is 3.21. The standard InChI is InChI=1S/C6H8O4/c7-8-6-3-4-1-2-5(6)10-9-4/h1-2,4-7H,3H2. The third-order valence-corrected chi connectivity index (χ3v) is 1.77. The maximum atomic E-state index is 8.34. The molecule has 0 amide bonds. The molecule has 0 aromatic rings. The van der Waals surface area contributed by atoms with E-state index in [4.69, 9.17) is 15.0 Å². The van der Waals surface area contributed by atoms with E-state index in [1.54, 1.807) is 0 Å². The molecular formula is C6H8O4. The van der Waals surface area contributed by atoms with Gasteiger partial charge < -0.3 is 0 Å². The lowest BCUT2D eigenvalue weighted by molar-refractivity contribution is -0.415. The molecule has 3 atom stereocenters. The van der Waals surface area contributed by atoms with E-state index >= 15 is 0 Å². The van der Waals surface area contributed by atoms with E-state index in [0.29, 0.717) is 6.42 Å². The SMILES string of the molecule is OOC1CC2C=CC1OO2. The van der Waals surface area contributed by atoms with Crippen LogP contribution in [0.2, 0.25) is 0 Å². The number of fused-ring (bicyclic) bond motifs is 2. The molecule has 3 aliphatic rings. The zero-order valence-electron chi connectivity index (χ0n) is 5.27. The van der Waals surface area contributed by atoms with Crippen LogP contribution < -0.4 is 0 Å². The fourth-order valence-electron chi connectivity index (χ4n) is 1.20. The van der Waals surface area contributed by atoms with Crippen LogP contribution in [0.15, 0.2) is 12.2 Å². The average Bonchev–Trinajstić information content (AvgIpc) is 2.06. The van der Waals surface area contributed by atoms with Crippen molar-refractivity contribution in [1.29, 1.82) is 0 Å². The molecule has 0 aromatic carbocycles. The first-order chi connectivity index (χ1) is 4.90. The van der Waals surface area contributed by atoms with Gasteiger partial charge >= 0.3 is 0 Å². The molecule has 56 valence electrons. The van der Waals surface area contributed by atoms with Crippen LogP contribution in [0, 0.1) is 0 Å². The first kappa shape index (κ1) is 6.30. The topological polar surface area (TPSA) is 47.9 Å². The fourth-order valence-corrected chi connectivity index (χ4v) is 1.20. The normalized spacial score (nSPS) is 44.3. The summed E-state index contributed by atoms with van der Waals surface area (Å²) >= 11 is 0. The van der Waals surface area contributed by atoms with E-state index in [1.807, 2.05) is 12.2 Å². The quantitative estimate of drug-likeness (QED) is 0.331. The predicted molar refractivity (Wildman–Crippen MR) is 31.0 cm³/mol. The molecule has 4 nitrogen and oxygen atoms in total. The summed E-state index contributed by atoms with van der Waals surface area (Å²) in [5.41, 5.74) is 0. The van der Waals surface area contributed by atoms with Gasteiger partial charge in [-0.1, -0.05) is 12.2 Å². The Morgan fingerprint density at radius 3 is 2.60 bits per heavy atom. The highest BCUT2D eigenvalue weighted by atomic mass is 17.2. The summed E-state index contributed by atoms with van der Waals surface area (Å²) in [5, 5.41) is 8.34. The summed E-state index contributed by atoms with van der Waals surface area (Å²) in [7, 11) is 0. The molecule has 2 heterocycles. The van der Waals surface area contributed by atoms with Gasteiger partial charge in [-0.25, -0.2) is 14.7 Å². The molecule has 10 heavy (non-hydrogen) atoms. The molecule has 2 aliphatic heterocycles. The smallest absolute Gasteiger partial charge is 0.141 e. The molecule has 4 heteroatoms. The second-order valence-electron chi connectivity index (χ2n) is 2.46. The van der Waals surface area contributed by atoms with Gasteiger partial charge in [0.05, 0.1) is 0 Å². The van der Waals surface area contributed by atoms with Gasteiger partial charge in [0.2, 0.25) is 0 Å². The van der Waals surface area contributed by atoms with Crippen molar-refractivity contribution >= 4 is 0 Å². The van der Waals surface area contributed by atoms with Crippen LogP contribution in [0.3, 0.4) is 0 Å². The highest BCUT2D eigenvalue weighted by Gasteiger charge is 2.35. The Morgan fingerprint density at radius 1 is 1.40 bits per heavy atom. The Balaban J connectivity index is 2.11. The van der Waals surface area contributed by atoms with Crippen molar-refractivity contribution < 1.29 is 19.9 Å². The zero-order chi connectivity index (χ0) is 6.97. The minimum Gasteiger partial charge on any atom is -0.251 e. The van der Waals surface area contributed by atoms with Gasteiger partial charge in [0.15, 0.2) is 0 Å². The van der Waals surface area contributed by atoms with E-state index in [-0.39, 0.29) is 18.3 Å². The molecule has 3 rings (SSSR count). The second kappa shape index (κ2) is 2.32. The van der Waals surface area contributed by atoms with Crippen molar-refractivity contribution in [2.75, 3.05) is 0 Å². The summed E-state index contributed by atoms with van der Waals surface area (Å²) in [6.07, 6.45) is 3.85. The molecule has 1 N–H and O–H groups in total. The molecule has 0 spiro atoms. The Morgan fingerprint density at radius 2 is 2.30 bits per heavy atom. The summed E-state index contributed by atoms with van der Waals surface area (Å²) in [5.74, 6) is 0. The van der Waals surface area contributed by atoms with E-state index < -0.39 is 0 Å². The molecule has 0 aromatic heterocycles. The molecule has 0 radical (unpaired) electrons. The Labute approximate surface area is 57.9 Å². The number of rotatable bonds is 1. The van der Waals surface area contributed by atoms with Crippen molar-refractivity contribution in [3.05, 3.63) is 12.2 Å². The van der Waals surface area contributed by atoms with Crippen LogP contribution in [-0.4, -0.2) is 23.6 Å². The number of hydrogen-bond acceptors (Lipinski definition) is 4. The molecule has 0 saturated carbocycles. The van der Waals surface area contributed by atoms with Crippen LogP contribution in [0.1, 0.15) is 6.42 Å². The monoisotopic (exact) mass is 144 g/mol.